The summed E-state index contributed by atoms with van der Waals surface area (Å²) in [6, 6.07) is 32.6. The van der Waals surface area contributed by atoms with Crippen molar-refractivity contribution in [1.29, 1.82) is 0 Å². The fourth-order valence-electron chi connectivity index (χ4n) is 3.49. The standard InChI is InChI=1S/C25H18S2.C3H6/c1-17-15-16-21(19-11-6-3-7-12-19)25-23(17)26-22-14-8-13-20(24(22)27-25)18-9-4-2-5-10-18;1-3-2/h2-16H,1H3;3H,1H2,2H3. The van der Waals surface area contributed by atoms with Crippen molar-refractivity contribution in [1.82, 2.24) is 0 Å². The minimum absolute atomic E-state index is 1.28. The van der Waals surface area contributed by atoms with E-state index in [1.165, 1.54) is 47.4 Å². The Balaban J connectivity index is 0.000000687. The summed E-state index contributed by atoms with van der Waals surface area (Å²) >= 11 is 3.82. The quantitative estimate of drug-likeness (QED) is 0.259. The van der Waals surface area contributed by atoms with Gasteiger partial charge in [0.1, 0.15) is 0 Å². The van der Waals surface area contributed by atoms with Crippen molar-refractivity contribution in [3.63, 3.8) is 0 Å². The van der Waals surface area contributed by atoms with Crippen LogP contribution in [0.1, 0.15) is 12.5 Å². The van der Waals surface area contributed by atoms with Gasteiger partial charge in [-0.3, -0.25) is 0 Å². The van der Waals surface area contributed by atoms with Gasteiger partial charge in [-0.05, 0) is 47.7 Å². The van der Waals surface area contributed by atoms with Crippen LogP contribution in [0.3, 0.4) is 0 Å². The minimum Gasteiger partial charge on any atom is -0.103 e. The van der Waals surface area contributed by atoms with Gasteiger partial charge in [0, 0.05) is 19.6 Å². The molecule has 2 heteroatoms. The Labute approximate surface area is 188 Å². The number of rotatable bonds is 2. The average molecular weight is 425 g/mol. The maximum Gasteiger partial charge on any atom is 0.0343 e. The van der Waals surface area contributed by atoms with Crippen molar-refractivity contribution in [2.24, 2.45) is 0 Å². The van der Waals surface area contributed by atoms with E-state index in [9.17, 15) is 0 Å². The predicted octanol–water partition coefficient (Wildman–Crippen LogP) is 9.14. The van der Waals surface area contributed by atoms with Gasteiger partial charge < -0.3 is 0 Å². The third-order valence-corrected chi connectivity index (χ3v) is 7.69. The summed E-state index contributed by atoms with van der Waals surface area (Å²) in [6.45, 7) is 7.47. The van der Waals surface area contributed by atoms with Crippen molar-refractivity contribution < 1.29 is 0 Å². The van der Waals surface area contributed by atoms with Gasteiger partial charge in [0.05, 0.1) is 0 Å². The highest BCUT2D eigenvalue weighted by Gasteiger charge is 2.24. The lowest BCUT2D eigenvalue weighted by molar-refractivity contribution is 1.12. The Morgan fingerprint density at radius 2 is 1.17 bits per heavy atom. The minimum atomic E-state index is 1.28. The van der Waals surface area contributed by atoms with Crippen LogP contribution < -0.4 is 0 Å². The van der Waals surface area contributed by atoms with E-state index in [-0.39, 0.29) is 0 Å². The largest absolute Gasteiger partial charge is 0.103 e. The average Bonchev–Trinajstić information content (AvgIpc) is 2.80. The Hall–Kier alpha value is -2.68. The first-order valence-electron chi connectivity index (χ1n) is 10.0. The fraction of sp³-hybridized carbons (Fsp3) is 0.0714. The maximum absolute atomic E-state index is 3.36. The van der Waals surface area contributed by atoms with Crippen molar-refractivity contribution in [2.45, 2.75) is 33.4 Å². The summed E-state index contributed by atoms with van der Waals surface area (Å²) in [5.41, 5.74) is 6.54. The van der Waals surface area contributed by atoms with Crippen molar-refractivity contribution in [3.05, 3.63) is 109 Å². The molecule has 0 saturated heterocycles. The summed E-state index contributed by atoms with van der Waals surface area (Å²) in [7, 11) is 0. The first-order chi connectivity index (χ1) is 14.7. The number of hydrogen-bond acceptors (Lipinski definition) is 2. The molecule has 4 aromatic carbocycles. The molecule has 0 unspecified atom stereocenters. The molecule has 4 aromatic rings. The third-order valence-electron chi connectivity index (χ3n) is 4.87. The van der Waals surface area contributed by atoms with Gasteiger partial charge in [0.25, 0.3) is 0 Å². The van der Waals surface area contributed by atoms with Gasteiger partial charge >= 0.3 is 0 Å². The van der Waals surface area contributed by atoms with Gasteiger partial charge in [0.2, 0.25) is 0 Å². The Bertz CT molecular complexity index is 1160. The molecule has 1 aliphatic heterocycles. The Morgan fingerprint density at radius 3 is 1.77 bits per heavy atom. The van der Waals surface area contributed by atoms with Crippen LogP contribution >= 0.6 is 23.5 Å². The summed E-state index contributed by atoms with van der Waals surface area (Å²) in [5.74, 6) is 0. The van der Waals surface area contributed by atoms with Crippen LogP contribution in [0.5, 0.6) is 0 Å². The van der Waals surface area contributed by atoms with Gasteiger partial charge in [-0.2, -0.15) is 0 Å². The Morgan fingerprint density at radius 1 is 0.600 bits per heavy atom. The molecular weight excluding hydrogens is 400 g/mol. The highest BCUT2D eigenvalue weighted by molar-refractivity contribution is 8.05. The van der Waals surface area contributed by atoms with Crippen LogP contribution in [-0.4, -0.2) is 0 Å². The first kappa shape index (κ1) is 20.6. The van der Waals surface area contributed by atoms with E-state index in [1.54, 1.807) is 6.08 Å². The van der Waals surface area contributed by atoms with E-state index in [0.29, 0.717) is 0 Å². The van der Waals surface area contributed by atoms with Crippen LogP contribution in [0.25, 0.3) is 22.3 Å². The van der Waals surface area contributed by atoms with Crippen LogP contribution in [0.2, 0.25) is 0 Å². The molecule has 5 rings (SSSR count). The van der Waals surface area contributed by atoms with E-state index in [2.05, 4.69) is 104 Å². The lowest BCUT2D eigenvalue weighted by Gasteiger charge is -2.25. The molecule has 0 atom stereocenters. The number of hydrogen-bond donors (Lipinski definition) is 0. The number of aryl methyl sites for hydroxylation is 1. The molecular formula is C28H24S2. The maximum atomic E-state index is 3.36. The van der Waals surface area contributed by atoms with Gasteiger partial charge in [-0.15, -0.1) is 6.58 Å². The second-order valence-electron chi connectivity index (χ2n) is 7.07. The van der Waals surface area contributed by atoms with Gasteiger partial charge in [-0.25, -0.2) is 0 Å². The zero-order valence-corrected chi connectivity index (χ0v) is 18.9. The zero-order valence-electron chi connectivity index (χ0n) is 17.3. The molecule has 0 N–H and O–H groups in total. The monoisotopic (exact) mass is 424 g/mol. The van der Waals surface area contributed by atoms with Gasteiger partial charge in [0.15, 0.2) is 0 Å². The van der Waals surface area contributed by atoms with E-state index in [0.717, 1.165) is 0 Å². The molecule has 0 aliphatic carbocycles. The lowest BCUT2D eigenvalue weighted by atomic mass is 10.0. The first-order valence-corrected chi connectivity index (χ1v) is 11.7. The van der Waals surface area contributed by atoms with Crippen LogP contribution in [0.4, 0.5) is 0 Å². The fourth-order valence-corrected chi connectivity index (χ4v) is 6.21. The summed E-state index contributed by atoms with van der Waals surface area (Å²) in [6.07, 6.45) is 1.75. The van der Waals surface area contributed by atoms with E-state index in [1.807, 2.05) is 30.4 Å². The third kappa shape index (κ3) is 4.12. The molecule has 0 bridgehead atoms. The molecule has 0 spiro atoms. The second kappa shape index (κ2) is 9.42. The predicted molar refractivity (Wildman–Crippen MR) is 133 cm³/mol. The normalized spacial score (nSPS) is 11.5. The molecule has 0 radical (unpaired) electrons. The number of fused-ring (bicyclic) bond motifs is 2. The molecule has 0 fully saturated rings. The lowest BCUT2D eigenvalue weighted by Crippen LogP contribution is -1.97. The summed E-state index contributed by atoms with van der Waals surface area (Å²) in [4.78, 5) is 5.48. The summed E-state index contributed by atoms with van der Waals surface area (Å²) in [5, 5.41) is 0. The van der Waals surface area contributed by atoms with Crippen molar-refractivity contribution in [2.75, 3.05) is 0 Å². The zero-order chi connectivity index (χ0) is 20.9. The van der Waals surface area contributed by atoms with Crippen LogP contribution in [0, 0.1) is 6.92 Å². The van der Waals surface area contributed by atoms with E-state index < -0.39 is 0 Å². The highest BCUT2D eigenvalue weighted by atomic mass is 32.2. The molecule has 0 amide bonds. The molecule has 1 aliphatic rings. The van der Waals surface area contributed by atoms with Crippen LogP contribution in [-0.2, 0) is 0 Å². The molecule has 148 valence electrons. The Kier molecular flexibility index (Phi) is 6.47. The molecule has 30 heavy (non-hydrogen) atoms. The molecule has 0 aromatic heterocycles. The van der Waals surface area contributed by atoms with Crippen molar-refractivity contribution >= 4 is 23.5 Å². The number of benzene rings is 4. The highest BCUT2D eigenvalue weighted by Crippen LogP contribution is 2.55. The van der Waals surface area contributed by atoms with Crippen LogP contribution in [0.15, 0.2) is 123 Å². The molecule has 1 heterocycles. The summed E-state index contributed by atoms with van der Waals surface area (Å²) < 4.78 is 0. The van der Waals surface area contributed by atoms with E-state index >= 15 is 0 Å². The second-order valence-corrected chi connectivity index (χ2v) is 9.14. The number of allylic oxidation sites excluding steroid dienone is 1. The van der Waals surface area contributed by atoms with E-state index in [4.69, 9.17) is 0 Å². The molecule has 0 nitrogen and oxygen atoms in total. The van der Waals surface area contributed by atoms with Gasteiger partial charge in [-0.1, -0.05) is 115 Å². The molecule has 0 saturated carbocycles. The SMILES string of the molecule is C=CC.Cc1ccc(-c2ccccc2)c2c1Sc1cccc(-c3ccccc3)c1S2. The topological polar surface area (TPSA) is 0 Å². The van der Waals surface area contributed by atoms with Crippen molar-refractivity contribution in [3.8, 4) is 22.3 Å². The smallest absolute Gasteiger partial charge is 0.0343 e.